The van der Waals surface area contributed by atoms with Crippen LogP contribution in [0, 0.1) is 5.41 Å². The van der Waals surface area contributed by atoms with Crippen LogP contribution in [0.4, 0.5) is 0 Å². The third-order valence-electron chi connectivity index (χ3n) is 3.63. The summed E-state index contributed by atoms with van der Waals surface area (Å²) in [5, 5.41) is 3.62. The summed E-state index contributed by atoms with van der Waals surface area (Å²) in [7, 11) is 1.71. The molecule has 1 aliphatic rings. The van der Waals surface area contributed by atoms with Crippen molar-refractivity contribution in [3.8, 4) is 5.75 Å². The maximum atomic E-state index is 5.43. The minimum Gasteiger partial charge on any atom is -0.495 e. The van der Waals surface area contributed by atoms with Gasteiger partial charge in [0.1, 0.15) is 5.75 Å². The van der Waals surface area contributed by atoms with Gasteiger partial charge < -0.3 is 10.1 Å². The Morgan fingerprint density at radius 3 is 2.88 bits per heavy atom. The molecule has 3 heteroatoms. The van der Waals surface area contributed by atoms with Crippen LogP contribution >= 0.6 is 0 Å². The van der Waals surface area contributed by atoms with E-state index < -0.39 is 0 Å². The molecule has 1 aliphatic carbocycles. The van der Waals surface area contributed by atoms with Gasteiger partial charge in [-0.25, -0.2) is 0 Å². The number of hydrogen-bond acceptors (Lipinski definition) is 3. The smallest absolute Gasteiger partial charge is 0.142 e. The lowest BCUT2D eigenvalue weighted by atomic mass is 9.94. The Hall–Kier alpha value is -1.09. The molecule has 0 aromatic carbocycles. The molecule has 0 saturated heterocycles. The van der Waals surface area contributed by atoms with Gasteiger partial charge in [-0.05, 0) is 43.4 Å². The third kappa shape index (κ3) is 2.60. The molecule has 0 radical (unpaired) electrons. The Labute approximate surface area is 104 Å². The van der Waals surface area contributed by atoms with Crippen molar-refractivity contribution in [2.75, 3.05) is 13.7 Å². The third-order valence-corrected chi connectivity index (χ3v) is 3.63. The normalized spacial score (nSPS) is 18.8. The van der Waals surface area contributed by atoms with Crippen LogP contribution in [0.15, 0.2) is 18.3 Å². The van der Waals surface area contributed by atoms with Crippen LogP contribution < -0.4 is 10.1 Å². The Bertz CT molecular complexity index is 374. The molecule has 1 unspecified atom stereocenters. The maximum absolute atomic E-state index is 5.43. The molecule has 0 amide bonds. The van der Waals surface area contributed by atoms with E-state index in [2.05, 4.69) is 24.1 Å². The summed E-state index contributed by atoms with van der Waals surface area (Å²) < 4.78 is 5.43. The van der Waals surface area contributed by atoms with Gasteiger partial charge in [0.2, 0.25) is 0 Å². The maximum Gasteiger partial charge on any atom is 0.142 e. The van der Waals surface area contributed by atoms with Gasteiger partial charge in [-0.2, -0.15) is 0 Å². The van der Waals surface area contributed by atoms with Gasteiger partial charge in [-0.15, -0.1) is 0 Å². The van der Waals surface area contributed by atoms with Crippen molar-refractivity contribution in [1.29, 1.82) is 0 Å². The Balaban J connectivity index is 2.25. The van der Waals surface area contributed by atoms with E-state index in [9.17, 15) is 0 Å². The van der Waals surface area contributed by atoms with Gasteiger partial charge in [-0.3, -0.25) is 4.98 Å². The lowest BCUT2D eigenvalue weighted by Gasteiger charge is -2.25. The monoisotopic (exact) mass is 234 g/mol. The van der Waals surface area contributed by atoms with E-state index in [1.54, 1.807) is 7.11 Å². The van der Waals surface area contributed by atoms with Crippen LogP contribution in [0.25, 0.3) is 0 Å². The zero-order chi connectivity index (χ0) is 12.3. The summed E-state index contributed by atoms with van der Waals surface area (Å²) in [6, 6.07) is 4.24. The van der Waals surface area contributed by atoms with Crippen LogP contribution in [0.2, 0.25) is 0 Å². The van der Waals surface area contributed by atoms with Crippen LogP contribution in [-0.2, 0) is 0 Å². The molecular weight excluding hydrogens is 212 g/mol. The van der Waals surface area contributed by atoms with Crippen molar-refractivity contribution in [2.45, 2.75) is 39.2 Å². The minimum atomic E-state index is 0.318. The first-order valence-electron chi connectivity index (χ1n) is 6.43. The molecule has 1 heterocycles. The van der Waals surface area contributed by atoms with Gasteiger partial charge in [0, 0.05) is 6.20 Å². The number of methoxy groups -OCH3 is 1. The largest absolute Gasteiger partial charge is 0.495 e. The number of nitrogens with zero attached hydrogens (tertiary/aromatic N) is 1. The molecule has 1 aromatic rings. The second kappa shape index (κ2) is 5.05. The zero-order valence-electron chi connectivity index (χ0n) is 11.0. The van der Waals surface area contributed by atoms with E-state index >= 15 is 0 Å². The average molecular weight is 234 g/mol. The molecule has 0 spiro atoms. The van der Waals surface area contributed by atoms with Crippen LogP contribution in [0.5, 0.6) is 5.75 Å². The Morgan fingerprint density at radius 2 is 2.29 bits per heavy atom. The summed E-state index contributed by atoms with van der Waals surface area (Å²) in [5.41, 5.74) is 1.42. The fraction of sp³-hybridized carbons (Fsp3) is 0.643. The fourth-order valence-electron chi connectivity index (χ4n) is 2.24. The van der Waals surface area contributed by atoms with E-state index in [4.69, 9.17) is 4.74 Å². The Morgan fingerprint density at radius 1 is 1.53 bits per heavy atom. The molecule has 1 saturated carbocycles. The van der Waals surface area contributed by atoms with Crippen LogP contribution in [0.1, 0.15) is 44.8 Å². The predicted molar refractivity (Wildman–Crippen MR) is 69.2 cm³/mol. The summed E-state index contributed by atoms with van der Waals surface area (Å²) >= 11 is 0. The topological polar surface area (TPSA) is 34.2 Å². The van der Waals surface area contributed by atoms with E-state index in [0.29, 0.717) is 11.5 Å². The SMILES string of the molecule is CCCNC(c1ncccc1OC)C1(C)CC1. The Kier molecular flexibility index (Phi) is 3.67. The van der Waals surface area contributed by atoms with Gasteiger partial charge in [0.25, 0.3) is 0 Å². The lowest BCUT2D eigenvalue weighted by molar-refractivity contribution is 0.335. The molecule has 1 atom stereocenters. The summed E-state index contributed by atoms with van der Waals surface area (Å²) in [4.78, 5) is 4.52. The van der Waals surface area contributed by atoms with Gasteiger partial charge in [0.05, 0.1) is 18.8 Å². The number of aromatic nitrogens is 1. The van der Waals surface area contributed by atoms with E-state index in [1.165, 1.54) is 12.8 Å². The van der Waals surface area contributed by atoms with Gasteiger partial charge in [-0.1, -0.05) is 13.8 Å². The van der Waals surface area contributed by atoms with Crippen molar-refractivity contribution in [1.82, 2.24) is 10.3 Å². The van der Waals surface area contributed by atoms with Crippen LogP contribution in [-0.4, -0.2) is 18.6 Å². The number of ether oxygens (including phenoxy) is 1. The van der Waals surface area contributed by atoms with Gasteiger partial charge >= 0.3 is 0 Å². The predicted octanol–water partition coefficient (Wildman–Crippen LogP) is 2.93. The van der Waals surface area contributed by atoms with E-state index in [-0.39, 0.29) is 0 Å². The van der Waals surface area contributed by atoms with E-state index in [1.807, 2.05) is 18.3 Å². The standard InChI is InChI=1S/C14H22N2O/c1-4-9-16-13(14(2)7-8-14)12-11(17-3)6-5-10-15-12/h5-6,10,13,16H,4,7-9H2,1-3H3. The second-order valence-corrected chi connectivity index (χ2v) is 5.13. The first-order valence-corrected chi connectivity index (χ1v) is 6.43. The minimum absolute atomic E-state index is 0.318. The average Bonchev–Trinajstić information content (AvgIpc) is 3.09. The molecule has 2 rings (SSSR count). The highest BCUT2D eigenvalue weighted by atomic mass is 16.5. The molecule has 3 nitrogen and oxygen atoms in total. The first-order chi connectivity index (χ1) is 8.21. The number of rotatable bonds is 6. The number of hydrogen-bond donors (Lipinski definition) is 1. The molecule has 0 bridgehead atoms. The van der Waals surface area contributed by atoms with Crippen molar-refractivity contribution < 1.29 is 4.74 Å². The molecule has 1 N–H and O–H groups in total. The zero-order valence-corrected chi connectivity index (χ0v) is 11.0. The number of nitrogens with one attached hydrogen (secondary N) is 1. The van der Waals surface area contributed by atoms with E-state index in [0.717, 1.165) is 24.4 Å². The van der Waals surface area contributed by atoms with Crippen molar-refractivity contribution in [3.05, 3.63) is 24.0 Å². The van der Waals surface area contributed by atoms with Crippen molar-refractivity contribution in [2.24, 2.45) is 5.41 Å². The quantitative estimate of drug-likeness (QED) is 0.821. The molecular formula is C14H22N2O. The molecule has 17 heavy (non-hydrogen) atoms. The first kappa shape index (κ1) is 12.4. The summed E-state index contributed by atoms with van der Waals surface area (Å²) in [6.45, 7) is 5.55. The van der Waals surface area contributed by atoms with Crippen molar-refractivity contribution >= 4 is 0 Å². The molecule has 1 aromatic heterocycles. The number of pyridine rings is 1. The van der Waals surface area contributed by atoms with Crippen LogP contribution in [0.3, 0.4) is 0 Å². The highest BCUT2D eigenvalue weighted by Crippen LogP contribution is 2.55. The second-order valence-electron chi connectivity index (χ2n) is 5.13. The lowest BCUT2D eigenvalue weighted by Crippen LogP contribution is -2.29. The highest BCUT2D eigenvalue weighted by molar-refractivity contribution is 5.32. The summed E-state index contributed by atoms with van der Waals surface area (Å²) in [5.74, 6) is 0.897. The molecule has 94 valence electrons. The molecule has 1 fully saturated rings. The molecule has 0 aliphatic heterocycles. The fourth-order valence-corrected chi connectivity index (χ4v) is 2.24. The van der Waals surface area contributed by atoms with Crippen molar-refractivity contribution in [3.63, 3.8) is 0 Å². The highest BCUT2D eigenvalue weighted by Gasteiger charge is 2.46. The van der Waals surface area contributed by atoms with Gasteiger partial charge in [0.15, 0.2) is 0 Å². The summed E-state index contributed by atoms with van der Waals surface area (Å²) in [6.07, 6.45) is 5.54.